The molecule has 0 amide bonds. The van der Waals surface area contributed by atoms with Gasteiger partial charge in [0, 0.05) is 18.8 Å². The van der Waals surface area contributed by atoms with Crippen LogP contribution in [0.2, 0.25) is 0 Å². The van der Waals surface area contributed by atoms with Crippen molar-refractivity contribution < 1.29 is 9.90 Å². The third kappa shape index (κ3) is 2.99. The van der Waals surface area contributed by atoms with Gasteiger partial charge in [-0.3, -0.25) is 4.79 Å². The number of aromatic nitrogens is 2. The van der Waals surface area contributed by atoms with Crippen LogP contribution in [-0.2, 0) is 6.42 Å². The quantitative estimate of drug-likeness (QED) is 0.826. The maximum absolute atomic E-state index is 11.2. The van der Waals surface area contributed by atoms with E-state index in [-0.39, 0.29) is 5.78 Å². The van der Waals surface area contributed by atoms with Crippen molar-refractivity contribution in [1.82, 2.24) is 9.97 Å². The topological polar surface area (TPSA) is 63.1 Å². The zero-order valence-corrected chi connectivity index (χ0v) is 10.1. The zero-order valence-electron chi connectivity index (χ0n) is 10.1. The van der Waals surface area contributed by atoms with Gasteiger partial charge >= 0.3 is 0 Å². The molecular formula is C14H14N2O2. The fourth-order valence-corrected chi connectivity index (χ4v) is 1.57. The molecule has 1 aromatic heterocycles. The Morgan fingerprint density at radius 2 is 1.78 bits per heavy atom. The number of Topliss-reactive ketones (excluding diaryl/α,β-unsaturated/α-hetero) is 1. The Bertz CT molecular complexity index is 533. The van der Waals surface area contributed by atoms with Crippen molar-refractivity contribution in [3.05, 3.63) is 59.2 Å². The molecule has 18 heavy (non-hydrogen) atoms. The van der Waals surface area contributed by atoms with Gasteiger partial charge in [0.15, 0.2) is 5.78 Å². The van der Waals surface area contributed by atoms with E-state index in [1.54, 1.807) is 0 Å². The minimum atomic E-state index is -0.513. The van der Waals surface area contributed by atoms with Crippen molar-refractivity contribution in [3.8, 4) is 0 Å². The molecule has 0 aliphatic rings. The second kappa shape index (κ2) is 5.51. The van der Waals surface area contributed by atoms with Gasteiger partial charge in [0.25, 0.3) is 0 Å². The Hall–Kier alpha value is -2.07. The molecule has 0 spiro atoms. The Morgan fingerprint density at radius 1 is 1.17 bits per heavy atom. The monoisotopic (exact) mass is 242 g/mol. The first kappa shape index (κ1) is 12.4. The fraction of sp³-hybridized carbons (Fsp3) is 0.214. The summed E-state index contributed by atoms with van der Waals surface area (Å²) in [5.41, 5.74) is 2.68. The summed E-state index contributed by atoms with van der Waals surface area (Å²) in [6, 6.07) is 8.15. The van der Waals surface area contributed by atoms with Crippen LogP contribution < -0.4 is 0 Å². The summed E-state index contributed by atoms with van der Waals surface area (Å²) in [7, 11) is 0. The summed E-state index contributed by atoms with van der Waals surface area (Å²) in [6.45, 7) is 1.52. The lowest BCUT2D eigenvalue weighted by Gasteiger charge is -2.02. The van der Waals surface area contributed by atoms with Gasteiger partial charge in [-0.05, 0) is 12.5 Å². The van der Waals surface area contributed by atoms with Gasteiger partial charge < -0.3 is 5.11 Å². The van der Waals surface area contributed by atoms with Crippen LogP contribution in [0.4, 0.5) is 0 Å². The van der Waals surface area contributed by atoms with Crippen molar-refractivity contribution in [2.45, 2.75) is 13.3 Å². The van der Waals surface area contributed by atoms with Gasteiger partial charge in [-0.1, -0.05) is 29.8 Å². The van der Waals surface area contributed by atoms with E-state index in [4.69, 9.17) is 5.11 Å². The summed E-state index contributed by atoms with van der Waals surface area (Å²) < 4.78 is 0. The molecule has 0 saturated carbocycles. The van der Waals surface area contributed by atoms with Gasteiger partial charge in [0.1, 0.15) is 12.4 Å². The van der Waals surface area contributed by atoms with E-state index in [1.807, 2.05) is 31.2 Å². The van der Waals surface area contributed by atoms with Crippen LogP contribution >= 0.6 is 0 Å². The number of aryl methyl sites for hydroxylation is 1. The molecule has 0 atom stereocenters. The maximum Gasteiger partial charge on any atom is 0.191 e. The molecule has 0 radical (unpaired) electrons. The van der Waals surface area contributed by atoms with Crippen LogP contribution in [0.15, 0.2) is 36.7 Å². The smallest absolute Gasteiger partial charge is 0.191 e. The number of nitrogens with zero attached hydrogens (tertiary/aromatic N) is 2. The first-order valence-electron chi connectivity index (χ1n) is 5.69. The van der Waals surface area contributed by atoms with Gasteiger partial charge in [-0.15, -0.1) is 0 Å². The van der Waals surface area contributed by atoms with E-state index in [1.165, 1.54) is 18.0 Å². The van der Waals surface area contributed by atoms with Gasteiger partial charge in [0.2, 0.25) is 0 Å². The van der Waals surface area contributed by atoms with Crippen molar-refractivity contribution in [1.29, 1.82) is 0 Å². The lowest BCUT2D eigenvalue weighted by atomic mass is 10.1. The van der Waals surface area contributed by atoms with E-state index >= 15 is 0 Å². The molecule has 0 bridgehead atoms. The molecule has 0 aliphatic carbocycles. The zero-order chi connectivity index (χ0) is 13.0. The highest BCUT2D eigenvalue weighted by atomic mass is 16.3. The average Bonchev–Trinajstić information content (AvgIpc) is 2.41. The van der Waals surface area contributed by atoms with Crippen LogP contribution in [0.1, 0.15) is 27.3 Å². The summed E-state index contributed by atoms with van der Waals surface area (Å²) in [4.78, 5) is 19.4. The highest BCUT2D eigenvalue weighted by molar-refractivity contribution is 5.96. The van der Waals surface area contributed by atoms with E-state index in [0.717, 1.165) is 5.56 Å². The van der Waals surface area contributed by atoms with Crippen molar-refractivity contribution >= 4 is 5.78 Å². The fourth-order valence-electron chi connectivity index (χ4n) is 1.57. The molecule has 0 fully saturated rings. The second-order valence-electron chi connectivity index (χ2n) is 4.13. The number of hydrogen-bond acceptors (Lipinski definition) is 4. The number of benzene rings is 1. The SMILES string of the molecule is Cc1ccc(Cc2ncc(C(=O)CO)cn2)cc1. The molecule has 1 N–H and O–H groups in total. The van der Waals surface area contributed by atoms with Crippen LogP contribution in [0.3, 0.4) is 0 Å². The Kier molecular flexibility index (Phi) is 3.79. The molecule has 2 aromatic rings. The second-order valence-corrected chi connectivity index (χ2v) is 4.13. The maximum atomic E-state index is 11.2. The Labute approximate surface area is 105 Å². The lowest BCUT2D eigenvalue weighted by Crippen LogP contribution is -2.07. The van der Waals surface area contributed by atoms with E-state index in [0.29, 0.717) is 17.8 Å². The lowest BCUT2D eigenvalue weighted by molar-refractivity contribution is 0.0903. The Morgan fingerprint density at radius 3 is 2.33 bits per heavy atom. The first-order chi connectivity index (χ1) is 8.69. The average molecular weight is 242 g/mol. The standard InChI is InChI=1S/C14H14N2O2/c1-10-2-4-11(5-3-10)6-14-15-7-12(8-16-14)13(18)9-17/h2-5,7-8,17H,6,9H2,1H3. The first-order valence-corrected chi connectivity index (χ1v) is 5.69. The summed E-state index contributed by atoms with van der Waals surface area (Å²) in [5.74, 6) is 0.297. The minimum Gasteiger partial charge on any atom is -0.388 e. The number of ketones is 1. The molecule has 2 rings (SSSR count). The third-order valence-corrected chi connectivity index (χ3v) is 2.65. The molecule has 0 aliphatic heterocycles. The normalized spacial score (nSPS) is 10.3. The third-order valence-electron chi connectivity index (χ3n) is 2.65. The van der Waals surface area contributed by atoms with Crippen molar-refractivity contribution in [2.75, 3.05) is 6.61 Å². The van der Waals surface area contributed by atoms with Crippen molar-refractivity contribution in [2.24, 2.45) is 0 Å². The van der Waals surface area contributed by atoms with Gasteiger partial charge in [0.05, 0.1) is 5.56 Å². The molecule has 4 heteroatoms. The van der Waals surface area contributed by atoms with Crippen molar-refractivity contribution in [3.63, 3.8) is 0 Å². The number of hydrogen-bond donors (Lipinski definition) is 1. The highest BCUT2D eigenvalue weighted by Crippen LogP contribution is 2.07. The van der Waals surface area contributed by atoms with Gasteiger partial charge in [-0.25, -0.2) is 9.97 Å². The van der Waals surface area contributed by atoms with E-state index in [2.05, 4.69) is 9.97 Å². The molecule has 1 heterocycles. The summed E-state index contributed by atoms with van der Waals surface area (Å²) in [6.07, 6.45) is 3.54. The molecule has 4 nitrogen and oxygen atoms in total. The predicted octanol–water partition coefficient (Wildman–Crippen LogP) is 1.55. The number of carbonyl (C=O) groups is 1. The minimum absolute atomic E-state index is 0.338. The Balaban J connectivity index is 2.10. The highest BCUT2D eigenvalue weighted by Gasteiger charge is 2.05. The molecule has 92 valence electrons. The van der Waals surface area contributed by atoms with Crippen LogP contribution in [0.5, 0.6) is 0 Å². The predicted molar refractivity (Wildman–Crippen MR) is 67.4 cm³/mol. The number of carbonyl (C=O) groups excluding carboxylic acids is 1. The summed E-state index contributed by atoms with van der Waals surface area (Å²) in [5, 5.41) is 8.71. The number of aliphatic hydroxyl groups is 1. The van der Waals surface area contributed by atoms with E-state index < -0.39 is 6.61 Å². The molecule has 1 aromatic carbocycles. The summed E-state index contributed by atoms with van der Waals surface area (Å²) >= 11 is 0. The molecule has 0 unspecified atom stereocenters. The molecular weight excluding hydrogens is 228 g/mol. The van der Waals surface area contributed by atoms with Crippen LogP contribution in [0, 0.1) is 6.92 Å². The largest absolute Gasteiger partial charge is 0.388 e. The van der Waals surface area contributed by atoms with Crippen LogP contribution in [0.25, 0.3) is 0 Å². The van der Waals surface area contributed by atoms with E-state index in [9.17, 15) is 4.79 Å². The van der Waals surface area contributed by atoms with Gasteiger partial charge in [-0.2, -0.15) is 0 Å². The number of aliphatic hydroxyl groups excluding tert-OH is 1. The molecule has 0 saturated heterocycles. The van der Waals surface area contributed by atoms with Crippen LogP contribution in [-0.4, -0.2) is 27.5 Å². The number of rotatable bonds is 4.